The molecule has 3 rings (SSSR count). The summed E-state index contributed by atoms with van der Waals surface area (Å²) in [5.74, 6) is 0. The molecule has 1 aromatic carbocycles. The van der Waals surface area contributed by atoms with Gasteiger partial charge in [-0.1, -0.05) is 35.0 Å². The van der Waals surface area contributed by atoms with Crippen LogP contribution >= 0.6 is 27.3 Å². The fraction of sp³-hybridized carbons (Fsp3) is 0.471. The first-order chi connectivity index (χ1) is 10.2. The third-order valence-electron chi connectivity index (χ3n) is 3.98. The number of nitrogens with one attached hydrogen (secondary N) is 1. The monoisotopic (exact) mass is 364 g/mol. The number of hydrogen-bond acceptors (Lipinski definition) is 3. The molecule has 0 amide bonds. The first-order valence-electron chi connectivity index (χ1n) is 7.67. The van der Waals surface area contributed by atoms with Gasteiger partial charge in [0.2, 0.25) is 0 Å². The van der Waals surface area contributed by atoms with Crippen molar-refractivity contribution in [2.45, 2.75) is 45.6 Å². The van der Waals surface area contributed by atoms with Gasteiger partial charge in [0.05, 0.1) is 11.7 Å². The minimum Gasteiger partial charge on any atom is -0.305 e. The highest BCUT2D eigenvalue weighted by Crippen LogP contribution is 2.35. The van der Waals surface area contributed by atoms with Crippen LogP contribution in [-0.4, -0.2) is 11.5 Å². The number of aromatic nitrogens is 1. The summed E-state index contributed by atoms with van der Waals surface area (Å²) in [6, 6.07) is 6.78. The molecule has 1 N–H and O–H groups in total. The third kappa shape index (κ3) is 3.22. The Balaban J connectivity index is 1.99. The van der Waals surface area contributed by atoms with Gasteiger partial charge in [0.15, 0.2) is 0 Å². The summed E-state index contributed by atoms with van der Waals surface area (Å²) in [5, 5.41) is 4.82. The van der Waals surface area contributed by atoms with Crippen molar-refractivity contribution in [3.05, 3.63) is 49.4 Å². The zero-order valence-electron chi connectivity index (χ0n) is 12.6. The van der Waals surface area contributed by atoms with Crippen LogP contribution in [0, 0.1) is 6.92 Å². The SMILES string of the molecule is CCNC(c1nc2c(s1)CCCC2)c1ccc(C)cc1Br. The van der Waals surface area contributed by atoms with Crippen molar-refractivity contribution in [2.24, 2.45) is 0 Å². The van der Waals surface area contributed by atoms with Crippen molar-refractivity contribution < 1.29 is 0 Å². The minimum absolute atomic E-state index is 0.195. The smallest absolute Gasteiger partial charge is 0.115 e. The zero-order chi connectivity index (χ0) is 14.8. The van der Waals surface area contributed by atoms with Crippen LogP contribution in [-0.2, 0) is 12.8 Å². The van der Waals surface area contributed by atoms with E-state index in [2.05, 4.69) is 53.3 Å². The fourth-order valence-corrected chi connectivity index (χ4v) is 4.87. The predicted molar refractivity (Wildman–Crippen MR) is 93.2 cm³/mol. The summed E-state index contributed by atoms with van der Waals surface area (Å²) in [4.78, 5) is 6.45. The second-order valence-corrected chi connectivity index (χ2v) is 7.61. The average Bonchev–Trinajstić information content (AvgIpc) is 2.89. The Labute approximate surface area is 139 Å². The Hall–Kier alpha value is -0.710. The normalized spacial score (nSPS) is 15.8. The molecular weight excluding hydrogens is 344 g/mol. The molecule has 1 aromatic heterocycles. The number of thiazole rings is 1. The van der Waals surface area contributed by atoms with E-state index in [0.29, 0.717) is 0 Å². The van der Waals surface area contributed by atoms with Crippen LogP contribution in [0.15, 0.2) is 22.7 Å². The number of fused-ring (bicyclic) bond motifs is 1. The van der Waals surface area contributed by atoms with E-state index < -0.39 is 0 Å². The lowest BCUT2D eigenvalue weighted by Gasteiger charge is -2.18. The molecule has 1 unspecified atom stereocenters. The molecule has 1 aliphatic rings. The third-order valence-corrected chi connectivity index (χ3v) is 5.89. The van der Waals surface area contributed by atoms with Crippen molar-refractivity contribution in [1.29, 1.82) is 0 Å². The molecule has 0 fully saturated rings. The van der Waals surface area contributed by atoms with Crippen LogP contribution in [0.4, 0.5) is 0 Å². The number of aryl methyl sites for hydroxylation is 3. The van der Waals surface area contributed by atoms with Crippen LogP contribution in [0.25, 0.3) is 0 Å². The summed E-state index contributed by atoms with van der Waals surface area (Å²) in [6.45, 7) is 5.22. The summed E-state index contributed by atoms with van der Waals surface area (Å²) in [6.07, 6.45) is 4.96. The van der Waals surface area contributed by atoms with E-state index in [1.54, 1.807) is 0 Å². The second-order valence-electron chi connectivity index (χ2n) is 5.64. The van der Waals surface area contributed by atoms with E-state index in [9.17, 15) is 0 Å². The van der Waals surface area contributed by atoms with E-state index >= 15 is 0 Å². The van der Waals surface area contributed by atoms with Gasteiger partial charge in [-0.15, -0.1) is 11.3 Å². The Morgan fingerprint density at radius 2 is 2.14 bits per heavy atom. The number of hydrogen-bond donors (Lipinski definition) is 1. The molecule has 0 bridgehead atoms. The molecule has 0 aliphatic heterocycles. The highest BCUT2D eigenvalue weighted by atomic mass is 79.9. The molecule has 0 spiro atoms. The van der Waals surface area contributed by atoms with Crippen LogP contribution < -0.4 is 5.32 Å². The number of nitrogens with zero attached hydrogens (tertiary/aromatic N) is 1. The predicted octanol–water partition coefficient (Wildman–Crippen LogP) is 4.79. The molecule has 1 atom stereocenters. The maximum absolute atomic E-state index is 4.94. The first kappa shape index (κ1) is 15.2. The first-order valence-corrected chi connectivity index (χ1v) is 9.28. The van der Waals surface area contributed by atoms with Crippen molar-refractivity contribution in [3.8, 4) is 0 Å². The van der Waals surface area contributed by atoms with E-state index in [4.69, 9.17) is 4.98 Å². The topological polar surface area (TPSA) is 24.9 Å². The Morgan fingerprint density at radius 1 is 1.33 bits per heavy atom. The van der Waals surface area contributed by atoms with Crippen molar-refractivity contribution in [2.75, 3.05) is 6.54 Å². The number of halogens is 1. The van der Waals surface area contributed by atoms with Crippen LogP contribution in [0.1, 0.15) is 52.5 Å². The van der Waals surface area contributed by atoms with Gasteiger partial charge < -0.3 is 5.32 Å². The molecular formula is C17H21BrN2S. The van der Waals surface area contributed by atoms with Gasteiger partial charge in [0, 0.05) is 9.35 Å². The van der Waals surface area contributed by atoms with E-state index in [0.717, 1.165) is 13.0 Å². The molecule has 112 valence electrons. The molecule has 1 heterocycles. The van der Waals surface area contributed by atoms with Gasteiger partial charge in [-0.25, -0.2) is 4.98 Å². The fourth-order valence-electron chi connectivity index (χ4n) is 2.90. The van der Waals surface area contributed by atoms with Gasteiger partial charge in [-0.3, -0.25) is 0 Å². The Kier molecular flexibility index (Phi) is 4.77. The Morgan fingerprint density at radius 3 is 2.86 bits per heavy atom. The molecule has 4 heteroatoms. The Bertz CT molecular complexity index is 612. The van der Waals surface area contributed by atoms with E-state index in [1.165, 1.54) is 50.4 Å². The molecule has 0 saturated carbocycles. The lowest BCUT2D eigenvalue weighted by Crippen LogP contribution is -2.22. The second kappa shape index (κ2) is 6.59. The summed E-state index contributed by atoms with van der Waals surface area (Å²) in [7, 11) is 0. The molecule has 0 saturated heterocycles. The quantitative estimate of drug-likeness (QED) is 0.843. The maximum Gasteiger partial charge on any atom is 0.115 e. The molecule has 0 radical (unpaired) electrons. The minimum atomic E-state index is 0.195. The van der Waals surface area contributed by atoms with E-state index in [1.807, 2.05) is 11.3 Å². The lowest BCUT2D eigenvalue weighted by atomic mass is 10.0. The van der Waals surface area contributed by atoms with Crippen molar-refractivity contribution in [1.82, 2.24) is 10.3 Å². The number of rotatable bonds is 4. The van der Waals surface area contributed by atoms with Crippen LogP contribution in [0.2, 0.25) is 0 Å². The van der Waals surface area contributed by atoms with Crippen molar-refractivity contribution >= 4 is 27.3 Å². The summed E-state index contributed by atoms with van der Waals surface area (Å²) in [5.41, 5.74) is 3.90. The summed E-state index contributed by atoms with van der Waals surface area (Å²) >= 11 is 5.62. The highest BCUT2D eigenvalue weighted by molar-refractivity contribution is 9.10. The highest BCUT2D eigenvalue weighted by Gasteiger charge is 2.23. The van der Waals surface area contributed by atoms with Crippen LogP contribution in [0.3, 0.4) is 0 Å². The van der Waals surface area contributed by atoms with Gasteiger partial charge in [-0.2, -0.15) is 0 Å². The van der Waals surface area contributed by atoms with Gasteiger partial charge in [0.25, 0.3) is 0 Å². The largest absolute Gasteiger partial charge is 0.305 e. The van der Waals surface area contributed by atoms with Gasteiger partial charge in [0.1, 0.15) is 5.01 Å². The standard InChI is InChI=1S/C17H21BrN2S/c1-3-19-16(12-9-8-11(2)10-13(12)18)17-20-14-6-4-5-7-15(14)21-17/h8-10,16,19H,3-7H2,1-2H3. The molecule has 2 nitrogen and oxygen atoms in total. The molecule has 2 aromatic rings. The summed E-state index contributed by atoms with van der Waals surface area (Å²) < 4.78 is 1.17. The maximum atomic E-state index is 4.94. The molecule has 1 aliphatic carbocycles. The van der Waals surface area contributed by atoms with Gasteiger partial charge >= 0.3 is 0 Å². The van der Waals surface area contributed by atoms with Crippen LogP contribution in [0.5, 0.6) is 0 Å². The average molecular weight is 365 g/mol. The van der Waals surface area contributed by atoms with E-state index in [-0.39, 0.29) is 6.04 Å². The zero-order valence-corrected chi connectivity index (χ0v) is 15.0. The molecule has 21 heavy (non-hydrogen) atoms. The van der Waals surface area contributed by atoms with Crippen molar-refractivity contribution in [3.63, 3.8) is 0 Å². The number of benzene rings is 1. The lowest BCUT2D eigenvalue weighted by molar-refractivity contribution is 0.618. The van der Waals surface area contributed by atoms with Gasteiger partial charge in [-0.05, 0) is 56.3 Å².